The molecule has 0 fully saturated rings. The number of hydrogen-bond donors (Lipinski definition) is 1. The minimum absolute atomic E-state index is 0.139. The van der Waals surface area contributed by atoms with Crippen LogP contribution in [0.3, 0.4) is 0 Å². The lowest BCUT2D eigenvalue weighted by Gasteiger charge is -2.26. The minimum atomic E-state index is -0.719. The van der Waals surface area contributed by atoms with Gasteiger partial charge in [-0.05, 0) is 24.3 Å². The van der Waals surface area contributed by atoms with Gasteiger partial charge in [0.15, 0.2) is 0 Å². The van der Waals surface area contributed by atoms with Gasteiger partial charge in [-0.1, -0.05) is 6.92 Å². The third-order valence-electron chi connectivity index (χ3n) is 3.25. The summed E-state index contributed by atoms with van der Waals surface area (Å²) in [6.45, 7) is 2.13. The molecule has 82 valence electrons. The Morgan fingerprint density at radius 1 is 1.73 bits per heavy atom. The molecule has 2 unspecified atom stereocenters. The van der Waals surface area contributed by atoms with Crippen molar-refractivity contribution in [2.45, 2.75) is 32.1 Å². The van der Waals surface area contributed by atoms with E-state index < -0.39 is 5.97 Å². The van der Waals surface area contributed by atoms with E-state index in [1.54, 1.807) is 4.68 Å². The molecule has 4 nitrogen and oxygen atoms in total. The van der Waals surface area contributed by atoms with Crippen LogP contribution in [0, 0.1) is 5.92 Å². The number of carboxylic acids is 1. The van der Waals surface area contributed by atoms with Crippen LogP contribution in [0.4, 0.5) is 0 Å². The number of aliphatic carboxylic acids is 1. The first-order valence-electron chi connectivity index (χ1n) is 5.32. The first kappa shape index (κ1) is 10.2. The molecule has 0 saturated carbocycles. The van der Waals surface area contributed by atoms with Crippen LogP contribution >= 0.6 is 0 Å². The van der Waals surface area contributed by atoms with E-state index >= 15 is 0 Å². The highest BCUT2D eigenvalue weighted by Gasteiger charge is 2.30. The molecule has 1 aliphatic carbocycles. The van der Waals surface area contributed by atoms with Crippen LogP contribution < -0.4 is 0 Å². The summed E-state index contributed by atoms with van der Waals surface area (Å²) < 4.78 is 1.79. The second-order valence-corrected chi connectivity index (χ2v) is 4.43. The molecule has 15 heavy (non-hydrogen) atoms. The molecule has 0 radical (unpaired) electrons. The lowest BCUT2D eigenvalue weighted by Crippen LogP contribution is -2.20. The number of hydrogen-bond acceptors (Lipinski definition) is 2. The molecule has 1 heterocycles. The van der Waals surface area contributed by atoms with Crippen LogP contribution in [-0.2, 0) is 18.3 Å². The van der Waals surface area contributed by atoms with E-state index in [-0.39, 0.29) is 12.3 Å². The van der Waals surface area contributed by atoms with Gasteiger partial charge in [0.25, 0.3) is 0 Å². The molecule has 0 bridgehead atoms. The van der Waals surface area contributed by atoms with Crippen molar-refractivity contribution in [3.8, 4) is 0 Å². The van der Waals surface area contributed by atoms with Crippen molar-refractivity contribution in [3.63, 3.8) is 0 Å². The zero-order valence-electron chi connectivity index (χ0n) is 9.10. The largest absolute Gasteiger partial charge is 0.481 e. The molecule has 1 aromatic rings. The third-order valence-corrected chi connectivity index (χ3v) is 3.25. The van der Waals surface area contributed by atoms with Gasteiger partial charge in [0.05, 0.1) is 12.1 Å². The van der Waals surface area contributed by atoms with Crippen molar-refractivity contribution in [2.24, 2.45) is 13.0 Å². The summed E-state index contributed by atoms with van der Waals surface area (Å²) in [5, 5.41) is 13.3. The van der Waals surface area contributed by atoms with Crippen LogP contribution in [0.2, 0.25) is 0 Å². The second-order valence-electron chi connectivity index (χ2n) is 4.43. The van der Waals surface area contributed by atoms with E-state index in [0.29, 0.717) is 5.92 Å². The maximum atomic E-state index is 10.8. The van der Waals surface area contributed by atoms with Gasteiger partial charge >= 0.3 is 5.97 Å². The van der Waals surface area contributed by atoms with E-state index in [1.807, 2.05) is 13.2 Å². The molecule has 1 aromatic heterocycles. The number of aryl methyl sites for hydroxylation is 2. The van der Waals surface area contributed by atoms with Gasteiger partial charge < -0.3 is 5.11 Å². The Labute approximate surface area is 88.9 Å². The maximum Gasteiger partial charge on any atom is 0.303 e. The average molecular weight is 208 g/mol. The molecule has 0 aliphatic heterocycles. The van der Waals surface area contributed by atoms with Crippen LogP contribution in [0.1, 0.15) is 36.9 Å². The van der Waals surface area contributed by atoms with E-state index in [4.69, 9.17) is 5.11 Å². The minimum Gasteiger partial charge on any atom is -0.481 e. The third kappa shape index (κ3) is 1.89. The number of rotatable bonds is 2. The summed E-state index contributed by atoms with van der Waals surface area (Å²) in [7, 11) is 1.89. The Bertz CT molecular complexity index is 384. The van der Waals surface area contributed by atoms with Gasteiger partial charge in [-0.3, -0.25) is 9.48 Å². The van der Waals surface area contributed by atoms with Crippen molar-refractivity contribution in [2.75, 3.05) is 0 Å². The summed E-state index contributed by atoms with van der Waals surface area (Å²) in [5.74, 6) is -0.138. The van der Waals surface area contributed by atoms with Gasteiger partial charge in [0.1, 0.15) is 0 Å². The van der Waals surface area contributed by atoms with Crippen LogP contribution in [0.25, 0.3) is 0 Å². The predicted octanol–water partition coefficient (Wildman–Crippen LogP) is 1.56. The molecule has 0 amide bonds. The molecule has 0 spiro atoms. The van der Waals surface area contributed by atoms with Crippen LogP contribution in [0.5, 0.6) is 0 Å². The van der Waals surface area contributed by atoms with E-state index in [1.165, 1.54) is 0 Å². The Morgan fingerprint density at radius 3 is 3.13 bits per heavy atom. The van der Waals surface area contributed by atoms with Crippen LogP contribution in [-0.4, -0.2) is 20.9 Å². The lowest BCUT2D eigenvalue weighted by molar-refractivity contribution is -0.137. The normalized spacial score (nSPS) is 24.9. The van der Waals surface area contributed by atoms with E-state index in [2.05, 4.69) is 12.0 Å². The van der Waals surface area contributed by atoms with Crippen molar-refractivity contribution in [1.29, 1.82) is 0 Å². The summed E-state index contributed by atoms with van der Waals surface area (Å²) >= 11 is 0. The Morgan fingerprint density at radius 2 is 2.47 bits per heavy atom. The van der Waals surface area contributed by atoms with Crippen LogP contribution in [0.15, 0.2) is 6.20 Å². The predicted molar refractivity (Wildman–Crippen MR) is 55.7 cm³/mol. The highest BCUT2D eigenvalue weighted by Crippen LogP contribution is 2.37. The van der Waals surface area contributed by atoms with Gasteiger partial charge in [-0.2, -0.15) is 5.10 Å². The van der Waals surface area contributed by atoms with Gasteiger partial charge in [0, 0.05) is 19.2 Å². The first-order valence-corrected chi connectivity index (χ1v) is 5.32. The fraction of sp³-hybridized carbons (Fsp3) is 0.636. The summed E-state index contributed by atoms with van der Waals surface area (Å²) in [6.07, 6.45) is 4.22. The van der Waals surface area contributed by atoms with Gasteiger partial charge in [0.2, 0.25) is 0 Å². The second kappa shape index (κ2) is 3.68. The summed E-state index contributed by atoms with van der Waals surface area (Å²) in [6, 6.07) is 0. The number of carbonyl (C=O) groups is 1. The smallest absolute Gasteiger partial charge is 0.303 e. The highest BCUT2D eigenvalue weighted by molar-refractivity contribution is 5.68. The number of fused-ring (bicyclic) bond motifs is 1. The molecular formula is C11H16N2O2. The number of aromatic nitrogens is 2. The zero-order valence-corrected chi connectivity index (χ0v) is 9.10. The quantitative estimate of drug-likeness (QED) is 0.802. The molecule has 2 rings (SSSR count). The SMILES string of the molecule is CC1CCc2nn(C)cc2C1CC(=O)O. The lowest BCUT2D eigenvalue weighted by atomic mass is 9.77. The van der Waals surface area contributed by atoms with Crippen molar-refractivity contribution >= 4 is 5.97 Å². The standard InChI is InChI=1S/C11H16N2O2/c1-7-3-4-10-9(6-13(2)12-10)8(7)5-11(14)15/h6-8H,3-5H2,1-2H3,(H,14,15). The Hall–Kier alpha value is -1.32. The van der Waals surface area contributed by atoms with Gasteiger partial charge in [-0.25, -0.2) is 0 Å². The molecule has 0 saturated heterocycles. The average Bonchev–Trinajstić information content (AvgIpc) is 2.51. The van der Waals surface area contributed by atoms with Crippen molar-refractivity contribution < 1.29 is 9.90 Å². The molecule has 1 aliphatic rings. The zero-order chi connectivity index (χ0) is 11.0. The first-order chi connectivity index (χ1) is 7.08. The molecule has 1 N–H and O–H groups in total. The number of nitrogens with zero attached hydrogens (tertiary/aromatic N) is 2. The molecule has 2 atom stereocenters. The molecule has 0 aromatic carbocycles. The Kier molecular flexibility index (Phi) is 2.50. The summed E-state index contributed by atoms with van der Waals surface area (Å²) in [5.41, 5.74) is 2.22. The van der Waals surface area contributed by atoms with Crippen molar-refractivity contribution in [3.05, 3.63) is 17.5 Å². The fourth-order valence-electron chi connectivity index (χ4n) is 2.43. The van der Waals surface area contributed by atoms with Crippen molar-refractivity contribution in [1.82, 2.24) is 9.78 Å². The molecular weight excluding hydrogens is 192 g/mol. The topological polar surface area (TPSA) is 55.1 Å². The fourth-order valence-corrected chi connectivity index (χ4v) is 2.43. The monoisotopic (exact) mass is 208 g/mol. The number of carboxylic acid groups (broad SMARTS) is 1. The summed E-state index contributed by atoms with van der Waals surface area (Å²) in [4.78, 5) is 10.8. The molecule has 4 heteroatoms. The van der Waals surface area contributed by atoms with E-state index in [9.17, 15) is 4.79 Å². The van der Waals surface area contributed by atoms with E-state index in [0.717, 1.165) is 24.1 Å². The van der Waals surface area contributed by atoms with Gasteiger partial charge in [-0.15, -0.1) is 0 Å². The maximum absolute atomic E-state index is 10.8. The highest BCUT2D eigenvalue weighted by atomic mass is 16.4. The Balaban J connectivity index is 2.32.